The van der Waals surface area contributed by atoms with Gasteiger partial charge in [0.1, 0.15) is 17.3 Å². The van der Waals surface area contributed by atoms with Gasteiger partial charge < -0.3 is 16.4 Å². The molecule has 0 fully saturated rings. The minimum absolute atomic E-state index is 0.223. The standard InChI is InChI=1S/C21H16Cl2F3N7O/c22-11-1-2-12(14(23)9-11)15-10-17-29-7-8-33(17)20(31-15)30-6-5-28-16-4-3-13(19(27)32-16)18(34)21(24,25)26/h1-4,7-10H,5-6H2,(H,30,31)(H3,27,28,32). The van der Waals surface area contributed by atoms with Crippen molar-refractivity contribution in [1.29, 1.82) is 0 Å². The van der Waals surface area contributed by atoms with Gasteiger partial charge in [-0.05, 0) is 30.3 Å². The van der Waals surface area contributed by atoms with Gasteiger partial charge in [-0.3, -0.25) is 9.20 Å². The summed E-state index contributed by atoms with van der Waals surface area (Å²) in [5.41, 5.74) is 6.76. The van der Waals surface area contributed by atoms with Crippen LogP contribution in [0.4, 0.5) is 30.8 Å². The van der Waals surface area contributed by atoms with E-state index in [0.29, 0.717) is 46.0 Å². The van der Waals surface area contributed by atoms with Crippen molar-refractivity contribution in [3.05, 3.63) is 64.4 Å². The van der Waals surface area contributed by atoms with Crippen molar-refractivity contribution in [2.75, 3.05) is 29.5 Å². The molecule has 176 valence electrons. The number of anilines is 3. The first-order chi connectivity index (χ1) is 16.1. The average Bonchev–Trinajstić information content (AvgIpc) is 3.24. The highest BCUT2D eigenvalue weighted by molar-refractivity contribution is 6.36. The van der Waals surface area contributed by atoms with Crippen LogP contribution in [-0.4, -0.2) is 44.4 Å². The van der Waals surface area contributed by atoms with Crippen molar-refractivity contribution >= 4 is 52.2 Å². The fourth-order valence-electron chi connectivity index (χ4n) is 3.17. The molecule has 0 radical (unpaired) electrons. The SMILES string of the molecule is Nc1nc(NCCNc2nc(-c3ccc(Cl)cc3Cl)cc3nccn23)ccc1C(=O)C(F)(F)F. The zero-order chi connectivity index (χ0) is 24.5. The second-order valence-electron chi connectivity index (χ2n) is 7.05. The number of nitrogens with zero attached hydrogens (tertiary/aromatic N) is 4. The molecule has 8 nitrogen and oxygen atoms in total. The Morgan fingerprint density at radius 1 is 1.06 bits per heavy atom. The molecule has 0 unspecified atom stereocenters. The van der Waals surface area contributed by atoms with Crippen LogP contribution in [0.5, 0.6) is 0 Å². The summed E-state index contributed by atoms with van der Waals surface area (Å²) in [5, 5.41) is 7.05. The van der Waals surface area contributed by atoms with E-state index < -0.39 is 23.3 Å². The molecule has 1 aromatic carbocycles. The highest BCUT2D eigenvalue weighted by Gasteiger charge is 2.40. The fourth-order valence-corrected chi connectivity index (χ4v) is 3.67. The van der Waals surface area contributed by atoms with Gasteiger partial charge in [0.25, 0.3) is 5.78 Å². The van der Waals surface area contributed by atoms with E-state index in [9.17, 15) is 18.0 Å². The van der Waals surface area contributed by atoms with Crippen LogP contribution in [0.1, 0.15) is 10.4 Å². The smallest absolute Gasteiger partial charge is 0.383 e. The molecule has 4 N–H and O–H groups in total. The van der Waals surface area contributed by atoms with E-state index in [1.54, 1.807) is 41.1 Å². The minimum Gasteiger partial charge on any atom is -0.383 e. The molecular weight excluding hydrogens is 494 g/mol. The largest absolute Gasteiger partial charge is 0.455 e. The van der Waals surface area contributed by atoms with Gasteiger partial charge in [-0.25, -0.2) is 15.0 Å². The van der Waals surface area contributed by atoms with Crippen LogP contribution in [0.15, 0.2) is 48.8 Å². The lowest BCUT2D eigenvalue weighted by Gasteiger charge is -2.13. The molecular formula is C21H16Cl2F3N7O. The first-order valence-electron chi connectivity index (χ1n) is 9.79. The summed E-state index contributed by atoms with van der Waals surface area (Å²) in [6.07, 6.45) is -1.65. The number of carbonyl (C=O) groups is 1. The Morgan fingerprint density at radius 3 is 2.53 bits per heavy atom. The van der Waals surface area contributed by atoms with Gasteiger partial charge >= 0.3 is 6.18 Å². The van der Waals surface area contributed by atoms with Gasteiger partial charge in [0.15, 0.2) is 0 Å². The monoisotopic (exact) mass is 509 g/mol. The Morgan fingerprint density at radius 2 is 1.82 bits per heavy atom. The number of benzene rings is 1. The number of nitrogen functional groups attached to an aromatic ring is 1. The predicted octanol–water partition coefficient (Wildman–Crippen LogP) is 4.95. The summed E-state index contributed by atoms with van der Waals surface area (Å²) in [6, 6.07) is 9.13. The third-order valence-electron chi connectivity index (χ3n) is 4.74. The molecule has 13 heteroatoms. The lowest BCUT2D eigenvalue weighted by Crippen LogP contribution is -2.24. The molecule has 4 rings (SSSR count). The van der Waals surface area contributed by atoms with Crippen molar-refractivity contribution in [2.24, 2.45) is 0 Å². The molecule has 0 amide bonds. The summed E-state index contributed by atoms with van der Waals surface area (Å²) >= 11 is 12.3. The van der Waals surface area contributed by atoms with Crippen molar-refractivity contribution < 1.29 is 18.0 Å². The van der Waals surface area contributed by atoms with E-state index in [1.165, 1.54) is 6.07 Å². The van der Waals surface area contributed by atoms with Gasteiger partial charge in [0, 0.05) is 42.1 Å². The fraction of sp³-hybridized carbons (Fsp3) is 0.143. The van der Waals surface area contributed by atoms with Crippen molar-refractivity contribution in [2.45, 2.75) is 6.18 Å². The van der Waals surface area contributed by atoms with Crippen LogP contribution in [0.3, 0.4) is 0 Å². The van der Waals surface area contributed by atoms with Crippen LogP contribution in [0.25, 0.3) is 16.9 Å². The van der Waals surface area contributed by atoms with Crippen LogP contribution in [-0.2, 0) is 0 Å². The highest BCUT2D eigenvalue weighted by atomic mass is 35.5. The van der Waals surface area contributed by atoms with Crippen LogP contribution in [0.2, 0.25) is 10.0 Å². The number of pyridine rings is 1. The molecule has 0 saturated heterocycles. The Kier molecular flexibility index (Phi) is 6.49. The van der Waals surface area contributed by atoms with E-state index in [2.05, 4.69) is 25.6 Å². The van der Waals surface area contributed by atoms with Crippen LogP contribution < -0.4 is 16.4 Å². The highest BCUT2D eigenvalue weighted by Crippen LogP contribution is 2.30. The third kappa shape index (κ3) is 5.00. The maximum Gasteiger partial charge on any atom is 0.455 e. The number of ketones is 1. The normalized spacial score (nSPS) is 11.6. The summed E-state index contributed by atoms with van der Waals surface area (Å²) < 4.78 is 39.6. The number of imidazole rings is 1. The van der Waals surface area contributed by atoms with Gasteiger partial charge in [-0.15, -0.1) is 0 Å². The topological polar surface area (TPSA) is 110 Å². The number of nitrogens with two attached hydrogens (primary N) is 1. The Labute approximate surface area is 200 Å². The van der Waals surface area contributed by atoms with Crippen molar-refractivity contribution in [3.8, 4) is 11.3 Å². The van der Waals surface area contributed by atoms with E-state index in [0.717, 1.165) is 6.07 Å². The first-order valence-corrected chi connectivity index (χ1v) is 10.5. The molecule has 0 aliphatic carbocycles. The summed E-state index contributed by atoms with van der Waals surface area (Å²) in [7, 11) is 0. The quantitative estimate of drug-likeness (QED) is 0.238. The number of hydrogen-bond acceptors (Lipinski definition) is 7. The summed E-state index contributed by atoms with van der Waals surface area (Å²) in [5.74, 6) is -1.83. The molecule has 4 aromatic rings. The van der Waals surface area contributed by atoms with Gasteiger partial charge in [-0.1, -0.05) is 23.2 Å². The van der Waals surface area contributed by atoms with Crippen molar-refractivity contribution in [1.82, 2.24) is 19.4 Å². The maximum atomic E-state index is 12.6. The van der Waals surface area contributed by atoms with E-state index in [-0.39, 0.29) is 5.82 Å². The van der Waals surface area contributed by atoms with E-state index in [1.807, 2.05) is 0 Å². The second-order valence-corrected chi connectivity index (χ2v) is 7.90. The van der Waals surface area contributed by atoms with Gasteiger partial charge in [-0.2, -0.15) is 13.2 Å². The van der Waals surface area contributed by atoms with Gasteiger partial charge in [0.2, 0.25) is 5.95 Å². The molecule has 34 heavy (non-hydrogen) atoms. The number of halogens is 5. The van der Waals surface area contributed by atoms with Crippen LogP contribution >= 0.6 is 23.2 Å². The van der Waals surface area contributed by atoms with E-state index in [4.69, 9.17) is 28.9 Å². The summed E-state index contributed by atoms with van der Waals surface area (Å²) in [4.78, 5) is 24.1. The number of nitrogens with one attached hydrogen (secondary N) is 2. The molecule has 3 aromatic heterocycles. The maximum absolute atomic E-state index is 12.6. The summed E-state index contributed by atoms with van der Waals surface area (Å²) in [6.45, 7) is 0.686. The molecule has 0 bridgehead atoms. The Balaban J connectivity index is 1.46. The molecule has 0 aliphatic heterocycles. The third-order valence-corrected chi connectivity index (χ3v) is 5.29. The molecule has 0 spiro atoms. The molecule has 0 atom stereocenters. The zero-order valence-corrected chi connectivity index (χ0v) is 18.7. The lowest BCUT2D eigenvalue weighted by molar-refractivity contribution is -0.0884. The van der Waals surface area contributed by atoms with Gasteiger partial charge in [0.05, 0.1) is 16.3 Å². The minimum atomic E-state index is -5.02. The second kappa shape index (κ2) is 9.35. The lowest BCUT2D eigenvalue weighted by atomic mass is 10.1. The predicted molar refractivity (Wildman–Crippen MR) is 124 cm³/mol. The van der Waals surface area contributed by atoms with E-state index >= 15 is 0 Å². The molecule has 0 aliphatic rings. The van der Waals surface area contributed by atoms with Crippen molar-refractivity contribution in [3.63, 3.8) is 0 Å². The number of alkyl halides is 3. The number of Topliss-reactive ketones (excluding diaryl/α,β-unsaturated/α-hetero) is 1. The zero-order valence-electron chi connectivity index (χ0n) is 17.2. The average molecular weight is 510 g/mol. The molecule has 0 saturated carbocycles. The van der Waals surface area contributed by atoms with Crippen LogP contribution in [0, 0.1) is 0 Å². The number of aromatic nitrogens is 4. The Hall–Kier alpha value is -3.57. The number of hydrogen-bond donors (Lipinski definition) is 3. The molecule has 3 heterocycles. The first kappa shape index (κ1) is 23.6. The number of rotatable bonds is 7. The number of carbonyl (C=O) groups excluding carboxylic acids is 1. The Bertz CT molecular complexity index is 1370. The number of fused-ring (bicyclic) bond motifs is 1.